The number of benzene rings is 1. The molecule has 3 rings (SSSR count). The van der Waals surface area contributed by atoms with Gasteiger partial charge in [-0.1, -0.05) is 0 Å². The number of carbonyl (C=O) groups is 1. The van der Waals surface area contributed by atoms with E-state index in [1.165, 1.54) is 32.3 Å². The van der Waals surface area contributed by atoms with E-state index in [2.05, 4.69) is 15.4 Å². The summed E-state index contributed by atoms with van der Waals surface area (Å²) in [6.07, 6.45) is 0.0680. The van der Waals surface area contributed by atoms with Crippen molar-refractivity contribution in [3.8, 4) is 0 Å². The quantitative estimate of drug-likeness (QED) is 0.661. The minimum absolute atomic E-state index is 0.0680. The number of sulfonamides is 1. The number of hydrogen-bond donors (Lipinski definition) is 2. The number of rotatable bonds is 5. The number of hydrogen-bond acceptors (Lipinski definition) is 5. The molecule has 1 aromatic carbocycles. The molecule has 0 aliphatic rings. The third kappa shape index (κ3) is 3.69. The first-order valence-electron chi connectivity index (χ1n) is 8.50. The summed E-state index contributed by atoms with van der Waals surface area (Å²) >= 11 is 0. The Kier molecular flexibility index (Phi) is 5.09. The van der Waals surface area contributed by atoms with Crippen LogP contribution in [0.2, 0.25) is 0 Å². The van der Waals surface area contributed by atoms with Crippen LogP contribution in [0.3, 0.4) is 0 Å². The highest BCUT2D eigenvalue weighted by molar-refractivity contribution is 7.89. The molecule has 148 valence electrons. The second-order valence-corrected chi connectivity index (χ2v) is 8.76. The van der Waals surface area contributed by atoms with Crippen LogP contribution in [-0.2, 0) is 21.2 Å². The van der Waals surface area contributed by atoms with Crippen molar-refractivity contribution in [1.82, 2.24) is 18.9 Å². The summed E-state index contributed by atoms with van der Waals surface area (Å²) in [6, 6.07) is 7.37. The summed E-state index contributed by atoms with van der Waals surface area (Å²) in [5.74, 6) is -0.273. The lowest BCUT2D eigenvalue weighted by Crippen LogP contribution is -2.22. The van der Waals surface area contributed by atoms with E-state index in [9.17, 15) is 18.0 Å². The smallest absolute Gasteiger partial charge is 0.266 e. The molecule has 10 heteroatoms. The summed E-state index contributed by atoms with van der Waals surface area (Å²) in [4.78, 5) is 28.5. The van der Waals surface area contributed by atoms with E-state index in [1.807, 2.05) is 0 Å². The first kappa shape index (κ1) is 19.8. The summed E-state index contributed by atoms with van der Waals surface area (Å²) in [6.45, 7) is 3.59. The number of carbonyl (C=O) groups excluding carboxylic acids is 1. The summed E-state index contributed by atoms with van der Waals surface area (Å²) in [5, 5.41) is 5.40. The van der Waals surface area contributed by atoms with Crippen LogP contribution in [0.15, 0.2) is 40.0 Å². The molecule has 2 aromatic heterocycles. The molecule has 0 radical (unpaired) electrons. The lowest BCUT2D eigenvalue weighted by atomic mass is 10.1. The predicted octanol–water partition coefficient (Wildman–Crippen LogP) is 1.07. The second kappa shape index (κ2) is 7.21. The number of aromatic nitrogens is 3. The number of amides is 1. The number of nitrogens with one attached hydrogen (secondary N) is 2. The minimum Gasteiger partial charge on any atom is -0.326 e. The van der Waals surface area contributed by atoms with Crippen molar-refractivity contribution in [2.75, 3.05) is 19.4 Å². The van der Waals surface area contributed by atoms with Crippen LogP contribution in [0, 0.1) is 13.8 Å². The number of anilines is 1. The molecule has 2 N–H and O–H groups in total. The molecule has 0 unspecified atom stereocenters. The third-order valence-electron chi connectivity index (χ3n) is 4.46. The summed E-state index contributed by atoms with van der Waals surface area (Å²) in [7, 11) is -0.606. The fourth-order valence-corrected chi connectivity index (χ4v) is 3.80. The van der Waals surface area contributed by atoms with Gasteiger partial charge in [-0.15, -0.1) is 0 Å². The maximum atomic E-state index is 12.5. The molecule has 0 aliphatic heterocycles. The maximum absolute atomic E-state index is 12.5. The highest BCUT2D eigenvalue weighted by Gasteiger charge is 2.17. The number of aromatic amines is 1. The molecule has 9 nitrogen and oxygen atoms in total. The van der Waals surface area contributed by atoms with E-state index in [1.54, 1.807) is 30.5 Å². The number of H-pyrrole nitrogens is 1. The van der Waals surface area contributed by atoms with Gasteiger partial charge in [0.1, 0.15) is 0 Å². The SMILES string of the molecule is Cc1nc2cc(=O)[nH]n2c(C)c1CC(=O)Nc1ccc(S(=O)(=O)N(C)C)cc1. The zero-order valence-electron chi connectivity index (χ0n) is 16.0. The van der Waals surface area contributed by atoms with Crippen LogP contribution < -0.4 is 10.9 Å². The van der Waals surface area contributed by atoms with Crippen molar-refractivity contribution in [1.29, 1.82) is 0 Å². The molecular weight excluding hydrogens is 382 g/mol. The highest BCUT2D eigenvalue weighted by Crippen LogP contribution is 2.18. The van der Waals surface area contributed by atoms with Crippen molar-refractivity contribution in [2.24, 2.45) is 0 Å². The molecule has 0 bridgehead atoms. The van der Waals surface area contributed by atoms with Gasteiger partial charge in [-0.2, -0.15) is 0 Å². The molecule has 0 atom stereocenters. The summed E-state index contributed by atoms with van der Waals surface area (Å²) in [5.41, 5.74) is 2.84. The molecule has 0 saturated heterocycles. The Balaban J connectivity index is 1.79. The second-order valence-electron chi connectivity index (χ2n) is 6.61. The molecule has 2 heterocycles. The monoisotopic (exact) mass is 403 g/mol. The van der Waals surface area contributed by atoms with Crippen molar-refractivity contribution in [3.05, 3.63) is 57.6 Å². The van der Waals surface area contributed by atoms with E-state index >= 15 is 0 Å². The van der Waals surface area contributed by atoms with Crippen LogP contribution in [0.1, 0.15) is 17.0 Å². The van der Waals surface area contributed by atoms with Gasteiger partial charge in [0.15, 0.2) is 5.65 Å². The van der Waals surface area contributed by atoms with E-state index < -0.39 is 10.0 Å². The Bertz CT molecular complexity index is 1210. The molecule has 0 saturated carbocycles. The zero-order chi connectivity index (χ0) is 20.6. The van der Waals surface area contributed by atoms with E-state index in [4.69, 9.17) is 0 Å². The Labute approximate surface area is 162 Å². The Morgan fingerprint density at radius 3 is 2.46 bits per heavy atom. The van der Waals surface area contributed by atoms with Gasteiger partial charge in [-0.25, -0.2) is 22.2 Å². The van der Waals surface area contributed by atoms with Gasteiger partial charge in [-0.05, 0) is 38.1 Å². The topological polar surface area (TPSA) is 117 Å². The molecule has 0 aliphatic carbocycles. The van der Waals surface area contributed by atoms with Gasteiger partial charge in [-0.3, -0.25) is 14.7 Å². The van der Waals surface area contributed by atoms with Crippen LogP contribution in [0.25, 0.3) is 5.65 Å². The molecule has 0 fully saturated rings. The van der Waals surface area contributed by atoms with Gasteiger partial charge in [0.05, 0.1) is 11.3 Å². The van der Waals surface area contributed by atoms with Crippen LogP contribution in [0.5, 0.6) is 0 Å². The van der Waals surface area contributed by atoms with E-state index in [-0.39, 0.29) is 22.8 Å². The first-order chi connectivity index (χ1) is 13.1. The third-order valence-corrected chi connectivity index (χ3v) is 6.29. The van der Waals surface area contributed by atoms with Crippen LogP contribution in [0.4, 0.5) is 5.69 Å². The van der Waals surface area contributed by atoms with Crippen molar-refractivity contribution >= 4 is 27.3 Å². The van der Waals surface area contributed by atoms with Gasteiger partial charge in [0, 0.05) is 42.8 Å². The Hall–Kier alpha value is -2.98. The minimum atomic E-state index is -3.52. The maximum Gasteiger partial charge on any atom is 0.266 e. The zero-order valence-corrected chi connectivity index (χ0v) is 16.8. The molecule has 1 amide bonds. The average Bonchev–Trinajstić information content (AvgIpc) is 2.99. The summed E-state index contributed by atoms with van der Waals surface area (Å²) < 4.78 is 26.9. The van der Waals surface area contributed by atoms with Gasteiger partial charge < -0.3 is 5.32 Å². The Morgan fingerprint density at radius 2 is 1.86 bits per heavy atom. The molecular formula is C18H21N5O4S. The highest BCUT2D eigenvalue weighted by atomic mass is 32.2. The molecule has 3 aromatic rings. The normalized spacial score (nSPS) is 11.9. The average molecular weight is 403 g/mol. The van der Waals surface area contributed by atoms with Crippen molar-refractivity contribution in [3.63, 3.8) is 0 Å². The lowest BCUT2D eigenvalue weighted by Gasteiger charge is -2.13. The largest absolute Gasteiger partial charge is 0.326 e. The number of nitrogens with zero attached hydrogens (tertiary/aromatic N) is 3. The van der Waals surface area contributed by atoms with Crippen molar-refractivity contribution in [2.45, 2.75) is 25.2 Å². The number of aryl methyl sites for hydroxylation is 2. The van der Waals surface area contributed by atoms with Crippen molar-refractivity contribution < 1.29 is 13.2 Å². The fraction of sp³-hybridized carbons (Fsp3) is 0.278. The van der Waals surface area contributed by atoms with Gasteiger partial charge in [0.2, 0.25) is 15.9 Å². The van der Waals surface area contributed by atoms with E-state index in [0.29, 0.717) is 22.6 Å². The lowest BCUT2D eigenvalue weighted by molar-refractivity contribution is -0.115. The Morgan fingerprint density at radius 1 is 1.21 bits per heavy atom. The number of fused-ring (bicyclic) bond motifs is 1. The first-order valence-corrected chi connectivity index (χ1v) is 9.94. The van der Waals surface area contributed by atoms with Crippen LogP contribution in [-0.4, -0.2) is 47.3 Å². The molecule has 0 spiro atoms. The van der Waals surface area contributed by atoms with Gasteiger partial charge >= 0.3 is 0 Å². The van der Waals surface area contributed by atoms with E-state index in [0.717, 1.165) is 10.00 Å². The predicted molar refractivity (Wildman–Crippen MR) is 105 cm³/mol. The molecule has 28 heavy (non-hydrogen) atoms. The van der Waals surface area contributed by atoms with Crippen LogP contribution >= 0.6 is 0 Å². The van der Waals surface area contributed by atoms with Gasteiger partial charge in [0.25, 0.3) is 5.56 Å². The fourth-order valence-electron chi connectivity index (χ4n) is 2.90. The standard InChI is InChI=1S/C18H21N5O4S/c1-11-15(12(2)23-16(19-11)10-18(25)21-23)9-17(24)20-13-5-7-14(8-6-13)28(26,27)22(3)4/h5-8,10H,9H2,1-4H3,(H,20,24)(H,21,25).